The van der Waals surface area contributed by atoms with Crippen molar-refractivity contribution in [3.05, 3.63) is 35.8 Å². The lowest BCUT2D eigenvalue weighted by Gasteiger charge is -2.27. The minimum atomic E-state index is -0.597. The SMILES string of the molecule is CC(C)OCC1(C(=O)c2cc(F)c3[nH]ccc3c2)CCNC1. The van der Waals surface area contributed by atoms with E-state index in [0.717, 1.165) is 6.54 Å². The van der Waals surface area contributed by atoms with E-state index in [9.17, 15) is 9.18 Å². The van der Waals surface area contributed by atoms with Gasteiger partial charge in [-0.1, -0.05) is 0 Å². The van der Waals surface area contributed by atoms with E-state index in [-0.39, 0.29) is 11.9 Å². The number of H-pyrrole nitrogens is 1. The van der Waals surface area contributed by atoms with Gasteiger partial charge in [0.05, 0.1) is 23.6 Å². The highest BCUT2D eigenvalue weighted by molar-refractivity contribution is 6.03. The first-order valence-corrected chi connectivity index (χ1v) is 7.66. The molecule has 0 radical (unpaired) electrons. The molecule has 2 aromatic rings. The van der Waals surface area contributed by atoms with Crippen molar-refractivity contribution in [2.24, 2.45) is 5.41 Å². The Bertz CT molecular complexity index is 687. The summed E-state index contributed by atoms with van der Waals surface area (Å²) in [6.07, 6.45) is 2.46. The average molecular weight is 304 g/mol. The van der Waals surface area contributed by atoms with Gasteiger partial charge in [-0.25, -0.2) is 4.39 Å². The lowest BCUT2D eigenvalue weighted by atomic mass is 9.80. The van der Waals surface area contributed by atoms with Gasteiger partial charge in [-0.05, 0) is 45.0 Å². The van der Waals surface area contributed by atoms with Crippen LogP contribution < -0.4 is 5.32 Å². The second kappa shape index (κ2) is 5.82. The van der Waals surface area contributed by atoms with Crippen LogP contribution in [-0.2, 0) is 4.74 Å². The highest BCUT2D eigenvalue weighted by atomic mass is 19.1. The fraction of sp³-hybridized carbons (Fsp3) is 0.471. The summed E-state index contributed by atoms with van der Waals surface area (Å²) in [7, 11) is 0. The summed E-state index contributed by atoms with van der Waals surface area (Å²) in [5.41, 5.74) is 0.259. The number of carbonyl (C=O) groups excluding carboxylic acids is 1. The number of rotatable bonds is 5. The lowest BCUT2D eigenvalue weighted by molar-refractivity contribution is 0.0170. The van der Waals surface area contributed by atoms with E-state index in [0.29, 0.717) is 36.0 Å². The minimum Gasteiger partial charge on any atom is -0.378 e. The summed E-state index contributed by atoms with van der Waals surface area (Å²) < 4.78 is 19.8. The van der Waals surface area contributed by atoms with Crippen molar-refractivity contribution in [2.45, 2.75) is 26.4 Å². The highest BCUT2D eigenvalue weighted by Gasteiger charge is 2.42. The normalized spacial score (nSPS) is 21.8. The molecule has 0 bridgehead atoms. The van der Waals surface area contributed by atoms with Crippen LogP contribution in [0.2, 0.25) is 0 Å². The zero-order valence-corrected chi connectivity index (χ0v) is 12.9. The molecule has 1 saturated heterocycles. The molecule has 3 rings (SSSR count). The molecule has 0 spiro atoms. The van der Waals surface area contributed by atoms with Gasteiger partial charge < -0.3 is 15.0 Å². The number of ketones is 1. The number of nitrogens with one attached hydrogen (secondary N) is 2. The summed E-state index contributed by atoms with van der Waals surface area (Å²) in [4.78, 5) is 15.9. The van der Waals surface area contributed by atoms with Crippen LogP contribution in [0.15, 0.2) is 24.4 Å². The van der Waals surface area contributed by atoms with Crippen LogP contribution in [0.3, 0.4) is 0 Å². The fourth-order valence-corrected chi connectivity index (χ4v) is 3.02. The van der Waals surface area contributed by atoms with Crippen molar-refractivity contribution in [1.82, 2.24) is 10.3 Å². The summed E-state index contributed by atoms with van der Waals surface area (Å²) in [6.45, 7) is 5.62. The van der Waals surface area contributed by atoms with Crippen molar-refractivity contribution >= 4 is 16.7 Å². The van der Waals surface area contributed by atoms with Crippen LogP contribution in [0.5, 0.6) is 0 Å². The molecule has 1 aromatic carbocycles. The lowest BCUT2D eigenvalue weighted by Crippen LogP contribution is -2.39. The second-order valence-corrected chi connectivity index (χ2v) is 6.30. The molecule has 1 fully saturated rings. The smallest absolute Gasteiger partial charge is 0.172 e. The molecule has 22 heavy (non-hydrogen) atoms. The quantitative estimate of drug-likeness (QED) is 0.835. The van der Waals surface area contributed by atoms with Crippen LogP contribution in [0, 0.1) is 11.2 Å². The van der Waals surface area contributed by atoms with E-state index in [2.05, 4.69) is 10.3 Å². The summed E-state index contributed by atoms with van der Waals surface area (Å²) in [5, 5.41) is 3.95. The monoisotopic (exact) mass is 304 g/mol. The molecule has 4 nitrogen and oxygen atoms in total. The second-order valence-electron chi connectivity index (χ2n) is 6.30. The summed E-state index contributed by atoms with van der Waals surface area (Å²) in [5.74, 6) is -0.433. The molecule has 1 aliphatic heterocycles. The number of halogens is 1. The van der Waals surface area contributed by atoms with Gasteiger partial charge in [-0.2, -0.15) is 0 Å². The van der Waals surface area contributed by atoms with Gasteiger partial charge in [0.2, 0.25) is 0 Å². The molecule has 1 unspecified atom stereocenters. The van der Waals surface area contributed by atoms with Gasteiger partial charge >= 0.3 is 0 Å². The Morgan fingerprint density at radius 1 is 1.45 bits per heavy atom. The van der Waals surface area contributed by atoms with Crippen molar-refractivity contribution in [2.75, 3.05) is 19.7 Å². The third kappa shape index (κ3) is 2.66. The van der Waals surface area contributed by atoms with Gasteiger partial charge in [0, 0.05) is 23.7 Å². The van der Waals surface area contributed by atoms with Gasteiger partial charge in [0.1, 0.15) is 5.82 Å². The molecule has 0 aliphatic carbocycles. The van der Waals surface area contributed by atoms with Gasteiger partial charge in [0.15, 0.2) is 5.78 Å². The van der Waals surface area contributed by atoms with Gasteiger partial charge in [0.25, 0.3) is 0 Å². The highest BCUT2D eigenvalue weighted by Crippen LogP contribution is 2.32. The molecule has 2 N–H and O–H groups in total. The Hall–Kier alpha value is -1.72. The van der Waals surface area contributed by atoms with E-state index in [1.807, 2.05) is 13.8 Å². The number of Topliss-reactive ketones (excluding diaryl/α,β-unsaturated/α-hetero) is 1. The first kappa shape index (κ1) is 15.2. The molecule has 2 heterocycles. The van der Waals surface area contributed by atoms with E-state index in [1.165, 1.54) is 6.07 Å². The van der Waals surface area contributed by atoms with E-state index in [1.54, 1.807) is 18.3 Å². The molecule has 118 valence electrons. The number of benzene rings is 1. The maximum atomic E-state index is 14.1. The van der Waals surface area contributed by atoms with Crippen molar-refractivity contribution in [3.63, 3.8) is 0 Å². The third-order valence-corrected chi connectivity index (χ3v) is 4.29. The standard InChI is InChI=1S/C17H21FN2O2/c1-11(2)22-10-17(4-6-19-9-17)16(21)13-7-12-3-5-20-15(12)14(18)8-13/h3,5,7-8,11,19-20H,4,6,9-10H2,1-2H3. The maximum absolute atomic E-state index is 14.1. The van der Waals surface area contributed by atoms with Crippen molar-refractivity contribution < 1.29 is 13.9 Å². The van der Waals surface area contributed by atoms with Crippen LogP contribution in [0.4, 0.5) is 4.39 Å². The molecular formula is C17H21FN2O2. The molecule has 0 saturated carbocycles. The molecule has 1 atom stereocenters. The number of aromatic nitrogens is 1. The molecule has 1 aliphatic rings. The number of hydrogen-bond donors (Lipinski definition) is 2. The predicted molar refractivity (Wildman–Crippen MR) is 83.6 cm³/mol. The Labute approximate surface area is 129 Å². The number of aromatic amines is 1. The molecular weight excluding hydrogens is 283 g/mol. The van der Waals surface area contributed by atoms with E-state index in [4.69, 9.17) is 4.74 Å². The Balaban J connectivity index is 1.94. The summed E-state index contributed by atoms with van der Waals surface area (Å²) >= 11 is 0. The van der Waals surface area contributed by atoms with Crippen molar-refractivity contribution in [3.8, 4) is 0 Å². The summed E-state index contributed by atoms with van der Waals surface area (Å²) in [6, 6.07) is 4.86. The Morgan fingerprint density at radius 3 is 2.95 bits per heavy atom. The zero-order chi connectivity index (χ0) is 15.7. The number of hydrogen-bond acceptors (Lipinski definition) is 3. The fourth-order valence-electron chi connectivity index (χ4n) is 3.02. The number of fused-ring (bicyclic) bond motifs is 1. The van der Waals surface area contributed by atoms with Crippen LogP contribution in [0.1, 0.15) is 30.6 Å². The van der Waals surface area contributed by atoms with Gasteiger partial charge in [-0.3, -0.25) is 4.79 Å². The number of carbonyl (C=O) groups is 1. The first-order chi connectivity index (χ1) is 10.5. The third-order valence-electron chi connectivity index (χ3n) is 4.29. The van der Waals surface area contributed by atoms with Crippen LogP contribution >= 0.6 is 0 Å². The van der Waals surface area contributed by atoms with Crippen LogP contribution in [-0.4, -0.2) is 36.6 Å². The predicted octanol–water partition coefficient (Wildman–Crippen LogP) is 2.89. The molecule has 0 amide bonds. The van der Waals surface area contributed by atoms with E-state index >= 15 is 0 Å². The average Bonchev–Trinajstić information content (AvgIpc) is 3.14. The topological polar surface area (TPSA) is 54.1 Å². The largest absolute Gasteiger partial charge is 0.378 e. The van der Waals surface area contributed by atoms with Gasteiger partial charge in [-0.15, -0.1) is 0 Å². The van der Waals surface area contributed by atoms with E-state index < -0.39 is 11.2 Å². The minimum absolute atomic E-state index is 0.0415. The molecule has 1 aromatic heterocycles. The number of ether oxygens (including phenoxy) is 1. The Kier molecular flexibility index (Phi) is 4.02. The zero-order valence-electron chi connectivity index (χ0n) is 12.9. The van der Waals surface area contributed by atoms with Crippen LogP contribution in [0.25, 0.3) is 10.9 Å². The molecule has 5 heteroatoms. The van der Waals surface area contributed by atoms with Crippen molar-refractivity contribution in [1.29, 1.82) is 0 Å². The first-order valence-electron chi connectivity index (χ1n) is 7.66. The Morgan fingerprint density at radius 2 is 2.27 bits per heavy atom. The maximum Gasteiger partial charge on any atom is 0.172 e.